The first-order chi connectivity index (χ1) is 7.63. The summed E-state index contributed by atoms with van der Waals surface area (Å²) in [6, 6.07) is 3.12. The zero-order chi connectivity index (χ0) is 11.7. The fourth-order valence-electron chi connectivity index (χ4n) is 1.42. The Balaban J connectivity index is 2.32. The van der Waals surface area contributed by atoms with Crippen LogP contribution in [0.1, 0.15) is 13.3 Å². The molecule has 1 aromatic heterocycles. The molecule has 0 saturated heterocycles. The van der Waals surface area contributed by atoms with Gasteiger partial charge < -0.3 is 5.73 Å². The average Bonchev–Trinajstić information content (AvgIpc) is 2.57. The first-order valence-electron chi connectivity index (χ1n) is 4.90. The summed E-state index contributed by atoms with van der Waals surface area (Å²) in [5, 5.41) is 4.87. The number of anilines is 2. The van der Waals surface area contributed by atoms with E-state index >= 15 is 0 Å². The lowest BCUT2D eigenvalue weighted by Gasteiger charge is -2.10. The molecule has 0 aromatic carbocycles. The third-order valence-electron chi connectivity index (χ3n) is 2.30. The average molecular weight is 222 g/mol. The molecule has 2 rings (SSSR count). The minimum atomic E-state index is -1.65. The minimum absolute atomic E-state index is 0.226. The SMILES string of the molecule is CCC1=NN(c2ccc(N)cn2)C(=O)[C@H]1F. The Kier molecular flexibility index (Phi) is 2.55. The number of rotatable bonds is 2. The molecule has 0 radical (unpaired) electrons. The van der Waals surface area contributed by atoms with Crippen LogP contribution < -0.4 is 10.7 Å². The van der Waals surface area contributed by atoms with Gasteiger partial charge in [-0.1, -0.05) is 6.92 Å². The molecular weight excluding hydrogens is 211 g/mol. The standard InChI is InChI=1S/C10H11FN4O/c1-2-7-9(11)10(16)15(14-7)8-4-3-6(12)5-13-8/h3-5,9H,2,12H2,1H3/t9-/m0/s1. The van der Waals surface area contributed by atoms with Gasteiger partial charge in [0.2, 0.25) is 6.17 Å². The summed E-state index contributed by atoms with van der Waals surface area (Å²) < 4.78 is 13.4. The third kappa shape index (κ3) is 1.62. The van der Waals surface area contributed by atoms with E-state index in [1.807, 2.05) is 0 Å². The maximum absolute atomic E-state index is 13.4. The molecule has 2 N–H and O–H groups in total. The molecule has 1 aliphatic heterocycles. The van der Waals surface area contributed by atoms with Crippen LogP contribution in [0.15, 0.2) is 23.4 Å². The number of carbonyl (C=O) groups is 1. The topological polar surface area (TPSA) is 71.6 Å². The molecule has 0 saturated carbocycles. The van der Waals surface area contributed by atoms with Crippen LogP contribution in [0, 0.1) is 0 Å². The van der Waals surface area contributed by atoms with E-state index in [9.17, 15) is 9.18 Å². The number of alkyl halides is 1. The number of nitrogens with two attached hydrogens (primary N) is 1. The van der Waals surface area contributed by atoms with Crippen LogP contribution in [0.4, 0.5) is 15.9 Å². The number of aromatic nitrogens is 1. The minimum Gasteiger partial charge on any atom is -0.397 e. The maximum Gasteiger partial charge on any atom is 0.289 e. The molecule has 0 spiro atoms. The van der Waals surface area contributed by atoms with Crippen LogP contribution in [-0.2, 0) is 4.79 Å². The van der Waals surface area contributed by atoms with Crippen LogP contribution in [0.25, 0.3) is 0 Å². The van der Waals surface area contributed by atoms with Crippen molar-refractivity contribution < 1.29 is 9.18 Å². The fraction of sp³-hybridized carbons (Fsp3) is 0.300. The zero-order valence-electron chi connectivity index (χ0n) is 8.72. The summed E-state index contributed by atoms with van der Waals surface area (Å²) >= 11 is 0. The molecule has 1 atom stereocenters. The molecule has 0 aliphatic carbocycles. The number of hydrogen-bond acceptors (Lipinski definition) is 4. The molecule has 0 fully saturated rings. The van der Waals surface area contributed by atoms with E-state index in [1.54, 1.807) is 13.0 Å². The first-order valence-corrected chi connectivity index (χ1v) is 4.90. The second-order valence-electron chi connectivity index (χ2n) is 3.41. The molecule has 1 aromatic rings. The van der Waals surface area contributed by atoms with Crippen molar-refractivity contribution in [3.05, 3.63) is 18.3 Å². The summed E-state index contributed by atoms with van der Waals surface area (Å²) in [6.45, 7) is 1.75. The molecule has 0 bridgehead atoms. The number of amides is 1. The highest BCUT2D eigenvalue weighted by atomic mass is 19.1. The van der Waals surface area contributed by atoms with Gasteiger partial charge in [0.25, 0.3) is 5.91 Å². The van der Waals surface area contributed by atoms with Crippen molar-refractivity contribution in [2.75, 3.05) is 10.7 Å². The molecule has 84 valence electrons. The number of nitrogen functional groups attached to an aromatic ring is 1. The lowest BCUT2D eigenvalue weighted by molar-refractivity contribution is -0.120. The lowest BCUT2D eigenvalue weighted by atomic mass is 10.2. The van der Waals surface area contributed by atoms with E-state index in [-0.39, 0.29) is 11.5 Å². The van der Waals surface area contributed by atoms with Crippen molar-refractivity contribution in [3.63, 3.8) is 0 Å². The maximum atomic E-state index is 13.4. The largest absolute Gasteiger partial charge is 0.397 e. The van der Waals surface area contributed by atoms with Crippen molar-refractivity contribution in [2.45, 2.75) is 19.5 Å². The summed E-state index contributed by atoms with van der Waals surface area (Å²) in [6.07, 6.45) is 0.151. The van der Waals surface area contributed by atoms with Crippen molar-refractivity contribution >= 4 is 23.1 Å². The summed E-state index contributed by atoms with van der Waals surface area (Å²) in [7, 11) is 0. The quantitative estimate of drug-likeness (QED) is 0.814. The molecule has 1 aliphatic rings. The number of hydrazone groups is 1. The van der Waals surface area contributed by atoms with E-state index in [2.05, 4.69) is 10.1 Å². The van der Waals surface area contributed by atoms with E-state index in [0.29, 0.717) is 12.1 Å². The molecule has 1 amide bonds. The van der Waals surface area contributed by atoms with Gasteiger partial charge in [-0.05, 0) is 18.6 Å². The van der Waals surface area contributed by atoms with Crippen LogP contribution in [0.2, 0.25) is 0 Å². The van der Waals surface area contributed by atoms with Gasteiger partial charge in [-0.2, -0.15) is 10.1 Å². The van der Waals surface area contributed by atoms with E-state index < -0.39 is 12.1 Å². The zero-order valence-corrected chi connectivity index (χ0v) is 8.72. The van der Waals surface area contributed by atoms with Gasteiger partial charge in [-0.25, -0.2) is 9.37 Å². The second-order valence-corrected chi connectivity index (χ2v) is 3.41. The van der Waals surface area contributed by atoms with Gasteiger partial charge in [0, 0.05) is 0 Å². The van der Waals surface area contributed by atoms with Crippen LogP contribution in [0.3, 0.4) is 0 Å². The Hall–Kier alpha value is -1.98. The highest BCUT2D eigenvalue weighted by Crippen LogP contribution is 2.21. The fourth-order valence-corrected chi connectivity index (χ4v) is 1.42. The van der Waals surface area contributed by atoms with Crippen LogP contribution in [0.5, 0.6) is 0 Å². The Labute approximate surface area is 91.8 Å². The van der Waals surface area contributed by atoms with Crippen LogP contribution in [-0.4, -0.2) is 22.8 Å². The molecule has 16 heavy (non-hydrogen) atoms. The van der Waals surface area contributed by atoms with Crippen molar-refractivity contribution in [3.8, 4) is 0 Å². The summed E-state index contributed by atoms with van der Waals surface area (Å²) in [5.41, 5.74) is 6.17. The number of carbonyl (C=O) groups excluding carboxylic acids is 1. The predicted molar refractivity (Wildman–Crippen MR) is 58.8 cm³/mol. The number of halogens is 1. The van der Waals surface area contributed by atoms with Crippen molar-refractivity contribution in [1.82, 2.24) is 4.98 Å². The molecule has 6 heteroatoms. The van der Waals surface area contributed by atoms with E-state index in [1.165, 1.54) is 12.3 Å². The van der Waals surface area contributed by atoms with Crippen molar-refractivity contribution in [2.24, 2.45) is 5.10 Å². The number of hydrogen-bond donors (Lipinski definition) is 1. The summed E-state index contributed by atoms with van der Waals surface area (Å²) in [4.78, 5) is 15.4. The van der Waals surface area contributed by atoms with Gasteiger partial charge >= 0.3 is 0 Å². The summed E-state index contributed by atoms with van der Waals surface area (Å²) in [5.74, 6) is -0.417. The van der Waals surface area contributed by atoms with Gasteiger partial charge in [-0.3, -0.25) is 4.79 Å². The Morgan fingerprint density at radius 2 is 2.31 bits per heavy atom. The lowest BCUT2D eigenvalue weighted by Crippen LogP contribution is -2.28. The second kappa shape index (κ2) is 3.88. The monoisotopic (exact) mass is 222 g/mol. The highest BCUT2D eigenvalue weighted by Gasteiger charge is 2.36. The van der Waals surface area contributed by atoms with Gasteiger partial charge in [0.1, 0.15) is 0 Å². The molecule has 0 unspecified atom stereocenters. The normalized spacial score (nSPS) is 20.1. The Bertz CT molecular complexity index is 443. The Morgan fingerprint density at radius 3 is 2.81 bits per heavy atom. The van der Waals surface area contributed by atoms with Gasteiger partial charge in [-0.15, -0.1) is 0 Å². The Morgan fingerprint density at radius 1 is 1.56 bits per heavy atom. The van der Waals surface area contributed by atoms with Gasteiger partial charge in [0.05, 0.1) is 17.6 Å². The van der Waals surface area contributed by atoms with Gasteiger partial charge in [0.15, 0.2) is 5.82 Å². The highest BCUT2D eigenvalue weighted by molar-refractivity contribution is 6.17. The molecular formula is C10H11FN4O. The predicted octanol–water partition coefficient (Wildman–Crippen LogP) is 1.11. The first kappa shape index (κ1) is 10.5. The number of pyridine rings is 1. The third-order valence-corrected chi connectivity index (χ3v) is 2.30. The van der Waals surface area contributed by atoms with E-state index in [0.717, 1.165) is 5.01 Å². The molecule has 2 heterocycles. The smallest absolute Gasteiger partial charge is 0.289 e. The molecule has 5 nitrogen and oxygen atoms in total. The van der Waals surface area contributed by atoms with E-state index in [4.69, 9.17) is 5.73 Å². The number of nitrogens with zero attached hydrogens (tertiary/aromatic N) is 3. The van der Waals surface area contributed by atoms with Crippen molar-refractivity contribution in [1.29, 1.82) is 0 Å². The van der Waals surface area contributed by atoms with Crippen LogP contribution >= 0.6 is 0 Å².